The van der Waals surface area contributed by atoms with E-state index in [-0.39, 0.29) is 0 Å². The van der Waals surface area contributed by atoms with Gasteiger partial charge in [-0.1, -0.05) is 48.5 Å². The van der Waals surface area contributed by atoms with Crippen LogP contribution in [0.15, 0.2) is 77.6 Å². The normalized spacial score (nSPS) is 11.2. The molecule has 0 fully saturated rings. The standard InChI is InChI=1S/C25H23N5O/c1-17-21(14-27-29(17)3)15-30-16-26-23(19-10-6-4-7-11-19)24(30)22-18(2)31-25(28-22)20-12-8-5-9-13-20/h4-14,16H,15H2,1-3H3. The molecule has 0 amide bonds. The minimum atomic E-state index is 0.609. The molecule has 0 atom stereocenters. The second kappa shape index (κ2) is 7.72. The zero-order valence-electron chi connectivity index (χ0n) is 17.8. The number of benzene rings is 2. The molecule has 0 aliphatic heterocycles. The van der Waals surface area contributed by atoms with Gasteiger partial charge in [0.05, 0.1) is 30.5 Å². The third-order valence-electron chi connectivity index (χ3n) is 5.60. The summed E-state index contributed by atoms with van der Waals surface area (Å²) in [4.78, 5) is 9.66. The maximum absolute atomic E-state index is 6.08. The summed E-state index contributed by atoms with van der Waals surface area (Å²) in [5.74, 6) is 1.37. The molecule has 0 aliphatic rings. The van der Waals surface area contributed by atoms with E-state index >= 15 is 0 Å². The molecule has 6 heteroatoms. The summed E-state index contributed by atoms with van der Waals surface area (Å²) in [6.07, 6.45) is 3.78. The van der Waals surface area contributed by atoms with Crippen molar-refractivity contribution in [1.82, 2.24) is 24.3 Å². The second-order valence-electron chi connectivity index (χ2n) is 7.60. The fourth-order valence-electron chi connectivity index (χ4n) is 3.76. The Bertz CT molecular complexity index is 1330. The van der Waals surface area contributed by atoms with Crippen LogP contribution in [0.2, 0.25) is 0 Å². The minimum Gasteiger partial charge on any atom is -0.441 e. The highest BCUT2D eigenvalue weighted by molar-refractivity contribution is 5.78. The van der Waals surface area contributed by atoms with Gasteiger partial charge in [-0.15, -0.1) is 0 Å². The van der Waals surface area contributed by atoms with Gasteiger partial charge in [-0.3, -0.25) is 4.68 Å². The number of oxazole rings is 1. The number of imidazole rings is 1. The van der Waals surface area contributed by atoms with E-state index in [0.29, 0.717) is 12.4 Å². The van der Waals surface area contributed by atoms with Crippen LogP contribution < -0.4 is 0 Å². The average Bonchev–Trinajstić information content (AvgIpc) is 3.48. The van der Waals surface area contributed by atoms with E-state index in [9.17, 15) is 0 Å². The zero-order valence-corrected chi connectivity index (χ0v) is 17.8. The predicted octanol–water partition coefficient (Wildman–Crippen LogP) is 5.27. The Morgan fingerprint density at radius 3 is 2.19 bits per heavy atom. The van der Waals surface area contributed by atoms with Crippen LogP contribution >= 0.6 is 0 Å². The number of aryl methyl sites for hydroxylation is 2. The first-order valence-electron chi connectivity index (χ1n) is 10.2. The topological polar surface area (TPSA) is 61.7 Å². The van der Waals surface area contributed by atoms with Gasteiger partial charge >= 0.3 is 0 Å². The maximum atomic E-state index is 6.08. The maximum Gasteiger partial charge on any atom is 0.226 e. The lowest BCUT2D eigenvalue weighted by atomic mass is 10.1. The molecule has 0 saturated carbocycles. The SMILES string of the molecule is Cc1oc(-c2ccccc2)nc1-c1c(-c2ccccc2)ncn1Cc1cnn(C)c1C. The van der Waals surface area contributed by atoms with Gasteiger partial charge in [0.25, 0.3) is 0 Å². The van der Waals surface area contributed by atoms with Gasteiger partial charge in [0, 0.05) is 29.4 Å². The van der Waals surface area contributed by atoms with Gasteiger partial charge < -0.3 is 8.98 Å². The molecular weight excluding hydrogens is 386 g/mol. The summed E-state index contributed by atoms with van der Waals surface area (Å²) in [5.41, 5.74) is 6.90. The van der Waals surface area contributed by atoms with E-state index in [2.05, 4.69) is 28.7 Å². The molecule has 154 valence electrons. The van der Waals surface area contributed by atoms with Crippen LogP contribution in [0.5, 0.6) is 0 Å². The molecule has 0 bridgehead atoms. The Labute approximate surface area is 180 Å². The molecule has 0 unspecified atom stereocenters. The van der Waals surface area contributed by atoms with Crippen molar-refractivity contribution in [2.75, 3.05) is 0 Å². The van der Waals surface area contributed by atoms with Crippen molar-refractivity contribution in [2.24, 2.45) is 7.05 Å². The quantitative estimate of drug-likeness (QED) is 0.397. The molecule has 3 aromatic heterocycles. The van der Waals surface area contributed by atoms with E-state index < -0.39 is 0 Å². The lowest BCUT2D eigenvalue weighted by Crippen LogP contribution is -2.03. The van der Waals surface area contributed by atoms with Crippen LogP contribution in [0.25, 0.3) is 34.1 Å². The first-order chi connectivity index (χ1) is 15.1. The van der Waals surface area contributed by atoms with Gasteiger partial charge in [-0.25, -0.2) is 9.97 Å². The molecule has 5 aromatic rings. The number of nitrogens with zero attached hydrogens (tertiary/aromatic N) is 5. The van der Waals surface area contributed by atoms with Gasteiger partial charge in [-0.05, 0) is 26.0 Å². The van der Waals surface area contributed by atoms with Crippen molar-refractivity contribution in [2.45, 2.75) is 20.4 Å². The van der Waals surface area contributed by atoms with Gasteiger partial charge in [0.2, 0.25) is 5.89 Å². The monoisotopic (exact) mass is 409 g/mol. The molecule has 6 nitrogen and oxygen atoms in total. The van der Waals surface area contributed by atoms with Crippen LogP contribution in [0.3, 0.4) is 0 Å². The van der Waals surface area contributed by atoms with E-state index in [0.717, 1.165) is 45.2 Å². The fourth-order valence-corrected chi connectivity index (χ4v) is 3.76. The molecule has 31 heavy (non-hydrogen) atoms. The summed E-state index contributed by atoms with van der Waals surface area (Å²) in [7, 11) is 1.96. The molecule has 5 rings (SSSR count). The van der Waals surface area contributed by atoms with Crippen molar-refractivity contribution in [3.8, 4) is 34.1 Å². The van der Waals surface area contributed by atoms with Crippen LogP contribution in [0.1, 0.15) is 17.0 Å². The van der Waals surface area contributed by atoms with Crippen LogP contribution in [-0.4, -0.2) is 24.3 Å². The number of hydrogen-bond donors (Lipinski definition) is 0. The van der Waals surface area contributed by atoms with Crippen LogP contribution in [-0.2, 0) is 13.6 Å². The Morgan fingerprint density at radius 2 is 1.55 bits per heavy atom. The Kier molecular flexibility index (Phi) is 4.75. The fraction of sp³-hybridized carbons (Fsp3) is 0.160. The zero-order chi connectivity index (χ0) is 21.4. The average molecular weight is 409 g/mol. The summed E-state index contributed by atoms with van der Waals surface area (Å²) >= 11 is 0. The molecule has 0 aliphatic carbocycles. The third-order valence-corrected chi connectivity index (χ3v) is 5.60. The van der Waals surface area contributed by atoms with Gasteiger partial charge in [0.15, 0.2) is 0 Å². The number of hydrogen-bond acceptors (Lipinski definition) is 4. The minimum absolute atomic E-state index is 0.609. The predicted molar refractivity (Wildman–Crippen MR) is 120 cm³/mol. The Hall–Kier alpha value is -3.93. The van der Waals surface area contributed by atoms with E-state index in [1.54, 1.807) is 0 Å². The molecule has 3 heterocycles. The Balaban J connectivity index is 1.67. The second-order valence-corrected chi connectivity index (χ2v) is 7.60. The largest absolute Gasteiger partial charge is 0.441 e. The highest BCUT2D eigenvalue weighted by atomic mass is 16.4. The first kappa shape index (κ1) is 19.1. The van der Waals surface area contributed by atoms with Crippen molar-refractivity contribution >= 4 is 0 Å². The molecular formula is C25H23N5O. The highest BCUT2D eigenvalue weighted by Crippen LogP contribution is 2.35. The third kappa shape index (κ3) is 3.46. The summed E-state index contributed by atoms with van der Waals surface area (Å²) < 4.78 is 10.1. The summed E-state index contributed by atoms with van der Waals surface area (Å²) in [5, 5.41) is 4.39. The highest BCUT2D eigenvalue weighted by Gasteiger charge is 2.22. The lowest BCUT2D eigenvalue weighted by Gasteiger charge is -2.09. The van der Waals surface area contributed by atoms with E-state index in [1.165, 1.54) is 0 Å². The lowest BCUT2D eigenvalue weighted by molar-refractivity contribution is 0.543. The van der Waals surface area contributed by atoms with Crippen LogP contribution in [0.4, 0.5) is 0 Å². The Morgan fingerprint density at radius 1 is 0.871 bits per heavy atom. The summed E-state index contributed by atoms with van der Waals surface area (Å²) in [6.45, 7) is 4.68. The van der Waals surface area contributed by atoms with Gasteiger partial charge in [-0.2, -0.15) is 5.10 Å². The molecule has 0 radical (unpaired) electrons. The molecule has 0 N–H and O–H groups in total. The molecule has 0 spiro atoms. The molecule has 2 aromatic carbocycles. The van der Waals surface area contributed by atoms with Crippen molar-refractivity contribution in [3.63, 3.8) is 0 Å². The number of aromatic nitrogens is 5. The smallest absolute Gasteiger partial charge is 0.226 e. The summed E-state index contributed by atoms with van der Waals surface area (Å²) in [6, 6.07) is 20.2. The van der Waals surface area contributed by atoms with Crippen molar-refractivity contribution in [3.05, 3.63) is 90.2 Å². The molecule has 0 saturated heterocycles. The van der Waals surface area contributed by atoms with Gasteiger partial charge in [0.1, 0.15) is 11.5 Å². The number of rotatable bonds is 5. The van der Waals surface area contributed by atoms with Crippen molar-refractivity contribution in [1.29, 1.82) is 0 Å². The first-order valence-corrected chi connectivity index (χ1v) is 10.2. The van der Waals surface area contributed by atoms with E-state index in [1.807, 2.05) is 79.7 Å². The van der Waals surface area contributed by atoms with E-state index in [4.69, 9.17) is 14.4 Å². The van der Waals surface area contributed by atoms with Crippen LogP contribution in [0, 0.1) is 13.8 Å². The van der Waals surface area contributed by atoms with Crippen molar-refractivity contribution < 1.29 is 4.42 Å².